The molecule has 3 aromatic rings. The van der Waals surface area contributed by atoms with E-state index in [-0.39, 0.29) is 0 Å². The van der Waals surface area contributed by atoms with Crippen molar-refractivity contribution in [2.45, 2.75) is 6.42 Å². The van der Waals surface area contributed by atoms with Crippen LogP contribution < -0.4 is 0 Å². The van der Waals surface area contributed by atoms with Crippen LogP contribution in [0.2, 0.25) is 0 Å². The summed E-state index contributed by atoms with van der Waals surface area (Å²) in [5.74, 6) is 3.08. The summed E-state index contributed by atoms with van der Waals surface area (Å²) < 4.78 is 1.63. The van der Waals surface area contributed by atoms with Crippen LogP contribution in [0.5, 0.6) is 0 Å². The Balaban J connectivity index is 1.94. The fourth-order valence-electron chi connectivity index (χ4n) is 1.82. The van der Waals surface area contributed by atoms with Crippen LogP contribution in [0.4, 0.5) is 0 Å². The molecule has 5 heteroatoms. The first kappa shape index (κ1) is 12.1. The largest absolute Gasteiger partial charge is 0.265 e. The van der Waals surface area contributed by atoms with Gasteiger partial charge in [-0.15, -0.1) is 12.3 Å². The van der Waals surface area contributed by atoms with Crippen molar-refractivity contribution in [3.63, 3.8) is 0 Å². The SMILES string of the molecule is C#CCc1ccnc(-n2cc(-c3ccncc3)cn2)n1. The number of terminal acetylenes is 1. The van der Waals surface area contributed by atoms with Crippen LogP contribution in [0.3, 0.4) is 0 Å². The van der Waals surface area contributed by atoms with Crippen molar-refractivity contribution in [2.24, 2.45) is 0 Å². The molecule has 0 N–H and O–H groups in total. The first-order chi connectivity index (χ1) is 9.86. The Hall–Kier alpha value is -3.00. The molecule has 5 nitrogen and oxygen atoms in total. The standard InChI is InChI=1S/C15H11N5/c1-2-3-14-6-9-17-15(19-14)20-11-13(10-18-20)12-4-7-16-8-5-12/h1,4-11H,3H2. The Morgan fingerprint density at radius 1 is 1.10 bits per heavy atom. The third kappa shape index (κ3) is 2.40. The molecule has 0 aliphatic carbocycles. The summed E-state index contributed by atoms with van der Waals surface area (Å²) in [6.45, 7) is 0. The van der Waals surface area contributed by atoms with Crippen molar-refractivity contribution in [3.8, 4) is 29.4 Å². The molecule has 0 fully saturated rings. The minimum atomic E-state index is 0.480. The molecule has 0 radical (unpaired) electrons. The highest BCUT2D eigenvalue weighted by Crippen LogP contribution is 2.17. The van der Waals surface area contributed by atoms with Gasteiger partial charge in [-0.3, -0.25) is 4.98 Å². The maximum atomic E-state index is 5.29. The van der Waals surface area contributed by atoms with Gasteiger partial charge < -0.3 is 0 Å². The Bertz CT molecular complexity index is 755. The Kier molecular flexibility index (Phi) is 3.21. The average molecular weight is 261 g/mol. The van der Waals surface area contributed by atoms with Crippen LogP contribution in [-0.2, 0) is 6.42 Å². The zero-order valence-electron chi connectivity index (χ0n) is 10.6. The van der Waals surface area contributed by atoms with E-state index in [4.69, 9.17) is 6.42 Å². The van der Waals surface area contributed by atoms with Crippen LogP contribution in [0, 0.1) is 12.3 Å². The summed E-state index contributed by atoms with van der Waals surface area (Å²) in [5, 5.41) is 4.28. The second-order valence-electron chi connectivity index (χ2n) is 4.14. The molecule has 0 unspecified atom stereocenters. The van der Waals surface area contributed by atoms with Gasteiger partial charge in [0, 0.05) is 30.4 Å². The number of rotatable bonds is 3. The highest BCUT2D eigenvalue weighted by Gasteiger charge is 2.05. The molecule has 0 spiro atoms. The van der Waals surface area contributed by atoms with Gasteiger partial charge in [0.2, 0.25) is 0 Å². The van der Waals surface area contributed by atoms with E-state index in [0.29, 0.717) is 12.4 Å². The summed E-state index contributed by atoms with van der Waals surface area (Å²) in [6.07, 6.45) is 14.6. The lowest BCUT2D eigenvalue weighted by atomic mass is 10.1. The molecule has 3 rings (SSSR count). The van der Waals surface area contributed by atoms with Crippen LogP contribution >= 0.6 is 0 Å². The molecule has 3 aromatic heterocycles. The molecular formula is C15H11N5. The molecule has 0 saturated carbocycles. The van der Waals surface area contributed by atoms with Crippen molar-refractivity contribution in [3.05, 3.63) is 54.9 Å². The second kappa shape index (κ2) is 5.33. The van der Waals surface area contributed by atoms with Gasteiger partial charge in [-0.1, -0.05) is 0 Å². The van der Waals surface area contributed by atoms with Crippen molar-refractivity contribution in [2.75, 3.05) is 0 Å². The lowest BCUT2D eigenvalue weighted by Crippen LogP contribution is -2.03. The molecule has 20 heavy (non-hydrogen) atoms. The summed E-state index contributed by atoms with van der Waals surface area (Å²) >= 11 is 0. The van der Waals surface area contributed by atoms with Gasteiger partial charge in [0.1, 0.15) is 0 Å². The predicted molar refractivity (Wildman–Crippen MR) is 74.9 cm³/mol. The van der Waals surface area contributed by atoms with Crippen LogP contribution in [-0.4, -0.2) is 24.7 Å². The van der Waals surface area contributed by atoms with Crippen molar-refractivity contribution >= 4 is 0 Å². The highest BCUT2D eigenvalue weighted by atomic mass is 15.3. The molecular weight excluding hydrogens is 250 g/mol. The van der Waals surface area contributed by atoms with E-state index in [0.717, 1.165) is 16.8 Å². The van der Waals surface area contributed by atoms with Gasteiger partial charge in [0.15, 0.2) is 0 Å². The molecule has 0 aliphatic rings. The number of hydrogen-bond acceptors (Lipinski definition) is 4. The molecule has 96 valence electrons. The molecule has 3 heterocycles. The second-order valence-corrected chi connectivity index (χ2v) is 4.14. The monoisotopic (exact) mass is 261 g/mol. The van der Waals surface area contributed by atoms with E-state index in [1.165, 1.54) is 0 Å². The minimum absolute atomic E-state index is 0.480. The van der Waals surface area contributed by atoms with Gasteiger partial charge in [-0.05, 0) is 23.8 Å². The Labute approximate surface area is 116 Å². The first-order valence-corrected chi connectivity index (χ1v) is 6.07. The van der Waals surface area contributed by atoms with E-state index in [1.807, 2.05) is 18.3 Å². The van der Waals surface area contributed by atoms with E-state index >= 15 is 0 Å². The number of hydrogen-bond donors (Lipinski definition) is 0. The quantitative estimate of drug-likeness (QED) is 0.676. The number of pyridine rings is 1. The normalized spacial score (nSPS) is 10.2. The fourth-order valence-corrected chi connectivity index (χ4v) is 1.82. The topological polar surface area (TPSA) is 56.5 Å². The van der Waals surface area contributed by atoms with Gasteiger partial charge in [0.25, 0.3) is 5.95 Å². The lowest BCUT2D eigenvalue weighted by molar-refractivity contribution is 0.798. The first-order valence-electron chi connectivity index (χ1n) is 6.07. The van der Waals surface area contributed by atoms with E-state index < -0.39 is 0 Å². The Morgan fingerprint density at radius 3 is 2.75 bits per heavy atom. The lowest BCUT2D eigenvalue weighted by Gasteiger charge is -2.00. The van der Waals surface area contributed by atoms with Gasteiger partial charge in [0.05, 0.1) is 18.3 Å². The van der Waals surface area contributed by atoms with E-state index in [2.05, 4.69) is 26.0 Å². The van der Waals surface area contributed by atoms with Crippen LogP contribution in [0.15, 0.2) is 49.2 Å². The molecule has 0 amide bonds. The average Bonchev–Trinajstić information content (AvgIpc) is 2.99. The van der Waals surface area contributed by atoms with Crippen molar-refractivity contribution < 1.29 is 0 Å². The van der Waals surface area contributed by atoms with Gasteiger partial charge in [-0.2, -0.15) is 5.10 Å². The molecule has 0 atom stereocenters. The third-order valence-electron chi connectivity index (χ3n) is 2.78. The van der Waals surface area contributed by atoms with E-state index in [1.54, 1.807) is 35.5 Å². The minimum Gasteiger partial charge on any atom is -0.265 e. The summed E-state index contributed by atoms with van der Waals surface area (Å²) in [6, 6.07) is 5.66. The van der Waals surface area contributed by atoms with Crippen LogP contribution in [0.1, 0.15) is 5.69 Å². The Morgan fingerprint density at radius 2 is 1.95 bits per heavy atom. The van der Waals surface area contributed by atoms with Crippen molar-refractivity contribution in [1.29, 1.82) is 0 Å². The highest BCUT2D eigenvalue weighted by molar-refractivity contribution is 5.61. The molecule has 0 saturated heterocycles. The zero-order chi connectivity index (χ0) is 13.8. The summed E-state index contributed by atoms with van der Waals surface area (Å²) in [4.78, 5) is 12.6. The molecule has 0 aliphatic heterocycles. The van der Waals surface area contributed by atoms with Crippen molar-refractivity contribution in [1.82, 2.24) is 24.7 Å². The van der Waals surface area contributed by atoms with Gasteiger partial charge >= 0.3 is 0 Å². The van der Waals surface area contributed by atoms with Crippen LogP contribution in [0.25, 0.3) is 17.1 Å². The zero-order valence-corrected chi connectivity index (χ0v) is 10.6. The number of nitrogens with zero attached hydrogens (tertiary/aromatic N) is 5. The summed E-state index contributed by atoms with van der Waals surface area (Å²) in [7, 11) is 0. The third-order valence-corrected chi connectivity index (χ3v) is 2.78. The fraction of sp³-hybridized carbons (Fsp3) is 0.0667. The predicted octanol–water partition coefficient (Wildman–Crippen LogP) is 1.90. The van der Waals surface area contributed by atoms with E-state index in [9.17, 15) is 0 Å². The molecule has 0 aromatic carbocycles. The van der Waals surface area contributed by atoms with Gasteiger partial charge in [-0.25, -0.2) is 14.6 Å². The maximum absolute atomic E-state index is 5.29. The number of aromatic nitrogens is 5. The summed E-state index contributed by atoms with van der Waals surface area (Å²) in [5.41, 5.74) is 2.84. The maximum Gasteiger partial charge on any atom is 0.250 e. The molecule has 0 bridgehead atoms. The smallest absolute Gasteiger partial charge is 0.250 e.